The van der Waals surface area contributed by atoms with E-state index in [0.29, 0.717) is 5.92 Å². The van der Waals surface area contributed by atoms with Crippen LogP contribution in [0, 0.1) is 5.92 Å². The van der Waals surface area contributed by atoms with Crippen LogP contribution in [0.2, 0.25) is 0 Å². The molecule has 2 nitrogen and oxygen atoms in total. The molecule has 1 atom stereocenters. The van der Waals surface area contributed by atoms with Crippen molar-refractivity contribution in [1.29, 1.82) is 0 Å². The van der Waals surface area contributed by atoms with Gasteiger partial charge in [0, 0.05) is 18.1 Å². The van der Waals surface area contributed by atoms with Crippen molar-refractivity contribution in [3.63, 3.8) is 0 Å². The molecule has 0 aliphatic heterocycles. The van der Waals surface area contributed by atoms with Crippen LogP contribution in [0.15, 0.2) is 45.6 Å². The fourth-order valence-electron chi connectivity index (χ4n) is 2.41. The summed E-state index contributed by atoms with van der Waals surface area (Å²) in [4.78, 5) is 0. The van der Waals surface area contributed by atoms with E-state index in [9.17, 15) is 0 Å². The molecule has 0 amide bonds. The normalized spacial score (nSPS) is 12.5. The number of hydrogen-bond acceptors (Lipinski definition) is 3. The number of halogens is 1. The van der Waals surface area contributed by atoms with Gasteiger partial charge in [-0.15, -0.1) is 0 Å². The zero-order valence-corrected chi connectivity index (χ0v) is 14.8. The van der Waals surface area contributed by atoms with Crippen LogP contribution in [0.1, 0.15) is 11.1 Å². The van der Waals surface area contributed by atoms with Gasteiger partial charge in [0.05, 0.1) is 6.61 Å². The highest BCUT2D eigenvalue weighted by molar-refractivity contribution is 9.10. The third-order valence-corrected chi connectivity index (χ3v) is 4.99. The molecule has 0 fully saturated rings. The summed E-state index contributed by atoms with van der Waals surface area (Å²) in [6.07, 6.45) is 2.20. The third kappa shape index (κ3) is 5.91. The zero-order chi connectivity index (χ0) is 14.9. The van der Waals surface area contributed by atoms with E-state index in [4.69, 9.17) is 4.74 Å². The topological polar surface area (TPSA) is 21.3 Å². The monoisotopic (exact) mass is 367 g/mol. The molecule has 2 rings (SSSR count). The third-order valence-electron chi connectivity index (χ3n) is 3.49. The van der Waals surface area contributed by atoms with Crippen LogP contribution in [0.4, 0.5) is 0 Å². The Morgan fingerprint density at radius 3 is 2.81 bits per heavy atom. The summed E-state index contributed by atoms with van der Waals surface area (Å²) in [5.41, 5.74) is 2.82. The number of nitrogens with one attached hydrogen (secondary N) is 1. The maximum Gasteiger partial charge on any atom is 0.0587 e. The predicted molar refractivity (Wildman–Crippen MR) is 94.1 cm³/mol. The molecular formula is C17H22BrNOS. The van der Waals surface area contributed by atoms with Gasteiger partial charge in [-0.1, -0.05) is 34.1 Å². The van der Waals surface area contributed by atoms with E-state index in [-0.39, 0.29) is 0 Å². The molecule has 1 N–H and O–H groups in total. The van der Waals surface area contributed by atoms with Crippen molar-refractivity contribution in [2.75, 3.05) is 26.8 Å². The average molecular weight is 368 g/mol. The Balaban J connectivity index is 1.95. The van der Waals surface area contributed by atoms with E-state index in [2.05, 4.69) is 62.3 Å². The van der Waals surface area contributed by atoms with Gasteiger partial charge in [0.1, 0.15) is 0 Å². The van der Waals surface area contributed by atoms with Crippen LogP contribution in [-0.2, 0) is 17.6 Å². The van der Waals surface area contributed by atoms with E-state index in [1.54, 1.807) is 18.4 Å². The van der Waals surface area contributed by atoms with Crippen LogP contribution in [0.25, 0.3) is 0 Å². The molecular weight excluding hydrogens is 346 g/mol. The van der Waals surface area contributed by atoms with Crippen molar-refractivity contribution in [3.8, 4) is 0 Å². The molecule has 114 valence electrons. The molecule has 0 radical (unpaired) electrons. The Bertz CT molecular complexity index is 515. The molecule has 0 aliphatic rings. The van der Waals surface area contributed by atoms with Crippen LogP contribution >= 0.6 is 27.3 Å². The summed E-state index contributed by atoms with van der Waals surface area (Å²) in [7, 11) is 1.74. The number of hydrogen-bond donors (Lipinski definition) is 1. The first-order chi connectivity index (χ1) is 10.3. The highest BCUT2D eigenvalue weighted by Crippen LogP contribution is 2.22. The second-order valence-corrected chi connectivity index (χ2v) is 6.83. The Morgan fingerprint density at radius 2 is 2.10 bits per heavy atom. The van der Waals surface area contributed by atoms with Gasteiger partial charge in [0.15, 0.2) is 0 Å². The van der Waals surface area contributed by atoms with Crippen molar-refractivity contribution in [2.24, 2.45) is 5.92 Å². The number of rotatable bonds is 9. The number of methoxy groups -OCH3 is 1. The molecule has 1 aromatic carbocycles. The van der Waals surface area contributed by atoms with E-state index in [1.165, 1.54) is 15.6 Å². The maximum atomic E-state index is 5.10. The summed E-state index contributed by atoms with van der Waals surface area (Å²) in [6.45, 7) is 2.69. The summed E-state index contributed by atoms with van der Waals surface area (Å²) in [5.74, 6) is 0.593. The quantitative estimate of drug-likeness (QED) is 0.672. The van der Waals surface area contributed by atoms with Crippen molar-refractivity contribution in [1.82, 2.24) is 5.32 Å². The summed E-state index contributed by atoms with van der Waals surface area (Å²) in [6, 6.07) is 10.7. The van der Waals surface area contributed by atoms with E-state index < -0.39 is 0 Å². The number of thiophene rings is 1. The van der Waals surface area contributed by atoms with Crippen molar-refractivity contribution >= 4 is 27.3 Å². The fourth-order valence-corrected chi connectivity index (χ4v) is 3.54. The number of benzene rings is 1. The number of ether oxygens (including phenoxy) is 1. The van der Waals surface area contributed by atoms with Crippen molar-refractivity contribution in [3.05, 3.63) is 56.7 Å². The lowest BCUT2D eigenvalue weighted by molar-refractivity contribution is 0.197. The minimum Gasteiger partial charge on any atom is -0.383 e. The summed E-state index contributed by atoms with van der Waals surface area (Å²) < 4.78 is 6.30. The van der Waals surface area contributed by atoms with Gasteiger partial charge >= 0.3 is 0 Å². The van der Waals surface area contributed by atoms with Crippen LogP contribution < -0.4 is 5.32 Å². The minimum atomic E-state index is 0.593. The van der Waals surface area contributed by atoms with Gasteiger partial charge in [-0.3, -0.25) is 0 Å². The lowest BCUT2D eigenvalue weighted by atomic mass is 9.93. The van der Waals surface area contributed by atoms with Crippen molar-refractivity contribution < 1.29 is 4.74 Å². The first kappa shape index (κ1) is 16.7. The molecule has 1 heterocycles. The SMILES string of the molecule is COCCNCC(Cc1ccsc1)Cc1ccccc1Br. The molecule has 21 heavy (non-hydrogen) atoms. The second kappa shape index (κ2) is 9.36. The Morgan fingerprint density at radius 1 is 1.24 bits per heavy atom. The Kier molecular flexibility index (Phi) is 7.44. The minimum absolute atomic E-state index is 0.593. The largest absolute Gasteiger partial charge is 0.383 e. The molecule has 1 unspecified atom stereocenters. The average Bonchev–Trinajstić information content (AvgIpc) is 2.99. The molecule has 2 aromatic rings. The van der Waals surface area contributed by atoms with Gasteiger partial charge in [0.25, 0.3) is 0 Å². The molecule has 4 heteroatoms. The summed E-state index contributed by atoms with van der Waals surface area (Å²) in [5, 5.41) is 7.91. The lowest BCUT2D eigenvalue weighted by Crippen LogP contribution is -2.28. The highest BCUT2D eigenvalue weighted by atomic mass is 79.9. The van der Waals surface area contributed by atoms with Crippen molar-refractivity contribution in [2.45, 2.75) is 12.8 Å². The van der Waals surface area contributed by atoms with E-state index in [1.807, 2.05) is 0 Å². The maximum absolute atomic E-state index is 5.10. The smallest absolute Gasteiger partial charge is 0.0587 e. The van der Waals surface area contributed by atoms with Gasteiger partial charge < -0.3 is 10.1 Å². The molecule has 0 bridgehead atoms. The Labute approximate surface area is 139 Å². The highest BCUT2D eigenvalue weighted by Gasteiger charge is 2.12. The first-order valence-electron chi connectivity index (χ1n) is 7.23. The standard InChI is InChI=1S/C17H22BrNOS/c1-20-8-7-19-12-15(10-14-6-9-21-13-14)11-16-4-2-3-5-17(16)18/h2-6,9,13,15,19H,7-8,10-12H2,1H3. The molecule has 1 aromatic heterocycles. The predicted octanol–water partition coefficient (Wildman–Crippen LogP) is 4.15. The zero-order valence-electron chi connectivity index (χ0n) is 12.3. The van der Waals surface area contributed by atoms with Crippen LogP contribution in [0.5, 0.6) is 0 Å². The second-order valence-electron chi connectivity index (χ2n) is 5.19. The molecule has 0 saturated heterocycles. The van der Waals surface area contributed by atoms with Gasteiger partial charge in [0.2, 0.25) is 0 Å². The van der Waals surface area contributed by atoms with E-state index in [0.717, 1.165) is 32.5 Å². The van der Waals surface area contributed by atoms with Gasteiger partial charge in [-0.25, -0.2) is 0 Å². The summed E-state index contributed by atoms with van der Waals surface area (Å²) >= 11 is 5.43. The molecule has 0 saturated carbocycles. The van der Waals surface area contributed by atoms with Crippen LogP contribution in [0.3, 0.4) is 0 Å². The Hall–Kier alpha value is -0.680. The molecule has 0 aliphatic carbocycles. The lowest BCUT2D eigenvalue weighted by Gasteiger charge is -2.18. The van der Waals surface area contributed by atoms with Gasteiger partial charge in [-0.2, -0.15) is 11.3 Å². The first-order valence-corrected chi connectivity index (χ1v) is 8.97. The fraction of sp³-hybridized carbons (Fsp3) is 0.412. The molecule has 0 spiro atoms. The van der Waals surface area contributed by atoms with Gasteiger partial charge in [-0.05, 0) is 59.3 Å². The van der Waals surface area contributed by atoms with Crippen LogP contribution in [-0.4, -0.2) is 26.8 Å². The van der Waals surface area contributed by atoms with E-state index >= 15 is 0 Å².